The monoisotopic (exact) mass is 388 g/mol. The topological polar surface area (TPSA) is 93.3 Å². The summed E-state index contributed by atoms with van der Waals surface area (Å²) in [6.45, 7) is 10.2. The smallest absolute Gasteiger partial charge is 0.330 e. The molecule has 0 unspecified atom stereocenters. The van der Waals surface area contributed by atoms with E-state index in [4.69, 9.17) is 10.5 Å². The molecule has 0 aliphatic rings. The van der Waals surface area contributed by atoms with Gasteiger partial charge in [-0.05, 0) is 31.4 Å². The molecule has 0 saturated carbocycles. The third kappa shape index (κ3) is 5.65. The molecule has 1 aromatic carbocycles. The van der Waals surface area contributed by atoms with Gasteiger partial charge in [0, 0.05) is 13.1 Å². The van der Waals surface area contributed by atoms with E-state index in [1.165, 1.54) is 10.1 Å². The van der Waals surface area contributed by atoms with Crippen molar-refractivity contribution in [2.75, 3.05) is 30.3 Å². The first-order chi connectivity index (χ1) is 13.3. The molecule has 0 aliphatic carbocycles. The summed E-state index contributed by atoms with van der Waals surface area (Å²) in [5, 5.41) is 0. The Morgan fingerprint density at radius 3 is 2.46 bits per heavy atom. The molecule has 7 heteroatoms. The first-order valence-electron chi connectivity index (χ1n) is 9.90. The van der Waals surface area contributed by atoms with Crippen molar-refractivity contribution in [1.29, 1.82) is 0 Å². The second-order valence-electron chi connectivity index (χ2n) is 7.50. The third-order valence-electron chi connectivity index (χ3n) is 4.51. The van der Waals surface area contributed by atoms with E-state index in [1.807, 2.05) is 49.9 Å². The summed E-state index contributed by atoms with van der Waals surface area (Å²) in [4.78, 5) is 29.1. The lowest BCUT2D eigenvalue weighted by Gasteiger charge is -2.26. The lowest BCUT2D eigenvalue weighted by Crippen LogP contribution is -2.40. The summed E-state index contributed by atoms with van der Waals surface area (Å²) in [6, 6.07) is 7.84. The van der Waals surface area contributed by atoms with E-state index in [2.05, 4.69) is 11.9 Å². The Morgan fingerprint density at radius 2 is 1.86 bits per heavy atom. The molecule has 28 heavy (non-hydrogen) atoms. The molecule has 2 aromatic rings. The van der Waals surface area contributed by atoms with E-state index in [9.17, 15) is 9.59 Å². The van der Waals surface area contributed by atoms with Crippen LogP contribution in [-0.2, 0) is 6.54 Å². The number of aromatic amines is 1. The number of benzene rings is 1. The Hall–Kier alpha value is -2.70. The summed E-state index contributed by atoms with van der Waals surface area (Å²) >= 11 is 0. The summed E-state index contributed by atoms with van der Waals surface area (Å²) in [5.74, 6) is 1.23. The van der Waals surface area contributed by atoms with Crippen LogP contribution in [-0.4, -0.2) is 29.2 Å². The number of nitrogens with zero attached hydrogens (tertiary/aromatic N) is 2. The van der Waals surface area contributed by atoms with Crippen LogP contribution in [0.1, 0.15) is 39.2 Å². The van der Waals surface area contributed by atoms with E-state index in [0.29, 0.717) is 31.9 Å². The zero-order valence-corrected chi connectivity index (χ0v) is 17.3. The number of rotatable bonds is 10. The van der Waals surface area contributed by atoms with Crippen LogP contribution < -0.4 is 26.6 Å². The van der Waals surface area contributed by atoms with Crippen LogP contribution in [0, 0.1) is 12.8 Å². The highest BCUT2D eigenvalue weighted by Crippen LogP contribution is 2.18. The number of hydrogen-bond donors (Lipinski definition) is 2. The minimum absolute atomic E-state index is 0.217. The summed E-state index contributed by atoms with van der Waals surface area (Å²) in [6.07, 6.45) is 1.89. The highest BCUT2D eigenvalue weighted by molar-refractivity contribution is 5.62. The molecule has 0 aliphatic heterocycles. The fourth-order valence-electron chi connectivity index (χ4n) is 3.02. The summed E-state index contributed by atoms with van der Waals surface area (Å²) in [5.41, 5.74) is 6.87. The van der Waals surface area contributed by atoms with Gasteiger partial charge in [0.25, 0.3) is 5.56 Å². The number of nitrogens with one attached hydrogen (secondary N) is 1. The normalized spacial score (nSPS) is 11.0. The number of hydrogen-bond acceptors (Lipinski definition) is 5. The highest BCUT2D eigenvalue weighted by Gasteiger charge is 2.19. The molecule has 0 radical (unpaired) electrons. The van der Waals surface area contributed by atoms with Gasteiger partial charge in [-0.25, -0.2) is 4.79 Å². The zero-order valence-electron chi connectivity index (χ0n) is 17.3. The molecule has 1 aromatic heterocycles. The first kappa shape index (κ1) is 21.6. The van der Waals surface area contributed by atoms with Gasteiger partial charge in [0.15, 0.2) is 0 Å². The summed E-state index contributed by atoms with van der Waals surface area (Å²) < 4.78 is 7.27. The maximum absolute atomic E-state index is 12.5. The minimum Gasteiger partial charge on any atom is -0.492 e. The zero-order chi connectivity index (χ0) is 20.7. The molecule has 154 valence electrons. The number of aryl methyl sites for hydroxylation is 1. The van der Waals surface area contributed by atoms with Gasteiger partial charge < -0.3 is 15.4 Å². The van der Waals surface area contributed by atoms with E-state index in [1.54, 1.807) is 0 Å². The number of unbranched alkanes of at least 4 members (excludes halogenated alkanes) is 1. The first-order valence-corrected chi connectivity index (χ1v) is 9.90. The van der Waals surface area contributed by atoms with Crippen LogP contribution in [0.4, 0.5) is 11.5 Å². The quantitative estimate of drug-likeness (QED) is 0.653. The molecule has 1 heterocycles. The van der Waals surface area contributed by atoms with Crippen molar-refractivity contribution in [2.45, 2.75) is 47.1 Å². The standard InChI is InChI=1S/C21H32N4O3/c1-5-6-11-24(12-13-28-17-9-7-16(4)8-10-17)18-19(22)25(14-15(2)3)21(27)23-20(18)26/h7-10,15H,5-6,11-14,22H2,1-4H3,(H,23,26,27). The summed E-state index contributed by atoms with van der Waals surface area (Å²) in [7, 11) is 0. The van der Waals surface area contributed by atoms with Crippen molar-refractivity contribution in [3.63, 3.8) is 0 Å². The van der Waals surface area contributed by atoms with E-state index in [-0.39, 0.29) is 11.7 Å². The maximum atomic E-state index is 12.5. The Bertz CT molecular complexity index is 869. The number of nitrogen functional groups attached to an aromatic ring is 1. The third-order valence-corrected chi connectivity index (χ3v) is 4.51. The number of aromatic nitrogens is 2. The Labute approximate surface area is 166 Å². The van der Waals surface area contributed by atoms with Crippen LogP contribution in [0.25, 0.3) is 0 Å². The second kappa shape index (κ2) is 10.0. The van der Waals surface area contributed by atoms with Gasteiger partial charge >= 0.3 is 5.69 Å². The molecule has 3 N–H and O–H groups in total. The fourth-order valence-corrected chi connectivity index (χ4v) is 3.02. The predicted octanol–water partition coefficient (Wildman–Crippen LogP) is 2.77. The molecular weight excluding hydrogens is 356 g/mol. The van der Waals surface area contributed by atoms with Crippen LogP contribution >= 0.6 is 0 Å². The molecule has 7 nitrogen and oxygen atoms in total. The van der Waals surface area contributed by atoms with Gasteiger partial charge in [0.1, 0.15) is 23.9 Å². The molecule has 0 bridgehead atoms. The van der Waals surface area contributed by atoms with Crippen molar-refractivity contribution in [1.82, 2.24) is 9.55 Å². The molecule has 0 saturated heterocycles. The minimum atomic E-state index is -0.466. The van der Waals surface area contributed by atoms with Crippen LogP contribution in [0.5, 0.6) is 5.75 Å². The average Bonchev–Trinajstić information content (AvgIpc) is 2.64. The Morgan fingerprint density at radius 1 is 1.18 bits per heavy atom. The Balaban J connectivity index is 2.24. The Kier molecular flexibility index (Phi) is 7.72. The lowest BCUT2D eigenvalue weighted by atomic mass is 10.2. The largest absolute Gasteiger partial charge is 0.492 e. The maximum Gasteiger partial charge on any atom is 0.330 e. The van der Waals surface area contributed by atoms with Gasteiger partial charge in [-0.15, -0.1) is 0 Å². The van der Waals surface area contributed by atoms with Crippen LogP contribution in [0.2, 0.25) is 0 Å². The SMILES string of the molecule is CCCCN(CCOc1ccc(C)cc1)c1c(N)n(CC(C)C)c(=O)[nH]c1=O. The van der Waals surface area contributed by atoms with Crippen LogP contribution in [0.3, 0.4) is 0 Å². The van der Waals surface area contributed by atoms with E-state index in [0.717, 1.165) is 18.6 Å². The number of H-pyrrole nitrogens is 1. The van der Waals surface area contributed by atoms with Crippen molar-refractivity contribution in [3.05, 3.63) is 50.7 Å². The lowest BCUT2D eigenvalue weighted by molar-refractivity contribution is 0.323. The van der Waals surface area contributed by atoms with Crippen molar-refractivity contribution >= 4 is 11.5 Å². The fraction of sp³-hybridized carbons (Fsp3) is 0.524. The van der Waals surface area contributed by atoms with E-state index >= 15 is 0 Å². The molecule has 0 amide bonds. The highest BCUT2D eigenvalue weighted by atomic mass is 16.5. The molecule has 0 fully saturated rings. The second-order valence-corrected chi connectivity index (χ2v) is 7.50. The van der Waals surface area contributed by atoms with Gasteiger partial charge in [-0.3, -0.25) is 14.3 Å². The van der Waals surface area contributed by atoms with Gasteiger partial charge in [-0.1, -0.05) is 44.9 Å². The van der Waals surface area contributed by atoms with E-state index < -0.39 is 11.2 Å². The number of anilines is 2. The van der Waals surface area contributed by atoms with Crippen molar-refractivity contribution in [2.24, 2.45) is 5.92 Å². The molecule has 0 atom stereocenters. The van der Waals surface area contributed by atoms with Gasteiger partial charge in [0.2, 0.25) is 0 Å². The molecule has 0 spiro atoms. The number of ether oxygens (including phenoxy) is 1. The molecule has 2 rings (SSSR count). The van der Waals surface area contributed by atoms with Crippen molar-refractivity contribution < 1.29 is 4.74 Å². The van der Waals surface area contributed by atoms with Crippen molar-refractivity contribution in [3.8, 4) is 5.75 Å². The van der Waals surface area contributed by atoms with Gasteiger partial charge in [0.05, 0.1) is 6.54 Å². The predicted molar refractivity (Wildman–Crippen MR) is 114 cm³/mol. The van der Waals surface area contributed by atoms with Gasteiger partial charge in [-0.2, -0.15) is 0 Å². The molecular formula is C21H32N4O3. The van der Waals surface area contributed by atoms with Crippen LogP contribution in [0.15, 0.2) is 33.9 Å². The number of nitrogens with two attached hydrogens (primary N) is 1. The average molecular weight is 389 g/mol.